The van der Waals surface area contributed by atoms with Crippen molar-refractivity contribution in [3.05, 3.63) is 29.3 Å². The molecule has 1 aromatic carbocycles. The van der Waals surface area contributed by atoms with Crippen LogP contribution in [0.5, 0.6) is 0 Å². The first-order chi connectivity index (χ1) is 13.9. The van der Waals surface area contributed by atoms with Crippen molar-refractivity contribution < 1.29 is 22.7 Å². The van der Waals surface area contributed by atoms with Crippen molar-refractivity contribution in [2.45, 2.75) is 42.7 Å². The highest BCUT2D eigenvalue weighted by atomic mass is 32.2. The number of benzene rings is 1. The molecule has 3 aliphatic heterocycles. The van der Waals surface area contributed by atoms with E-state index < -0.39 is 15.9 Å². The fourth-order valence-corrected chi connectivity index (χ4v) is 6.28. The molecular weight excluding hydrogens is 394 g/mol. The van der Waals surface area contributed by atoms with E-state index in [2.05, 4.69) is 4.90 Å². The Morgan fingerprint density at radius 3 is 2.52 bits per heavy atom. The van der Waals surface area contributed by atoms with Crippen molar-refractivity contribution in [1.82, 2.24) is 14.1 Å². The van der Waals surface area contributed by atoms with Crippen molar-refractivity contribution in [3.63, 3.8) is 0 Å². The smallest absolute Gasteiger partial charge is 0.269 e. The van der Waals surface area contributed by atoms with Crippen LogP contribution in [0.25, 0.3) is 0 Å². The number of sulfonamides is 1. The molecule has 3 heterocycles. The van der Waals surface area contributed by atoms with E-state index in [1.807, 2.05) is 0 Å². The third kappa shape index (κ3) is 3.35. The zero-order chi connectivity index (χ0) is 20.2. The predicted molar refractivity (Wildman–Crippen MR) is 104 cm³/mol. The molecule has 0 aromatic heterocycles. The van der Waals surface area contributed by atoms with Gasteiger partial charge in [-0.25, -0.2) is 12.7 Å². The molecule has 1 saturated carbocycles. The number of hydrogen-bond donors (Lipinski definition) is 0. The molecule has 2 amide bonds. The van der Waals surface area contributed by atoms with Gasteiger partial charge in [-0.2, -0.15) is 0 Å². The molecule has 1 unspecified atom stereocenters. The average Bonchev–Trinajstić information content (AvgIpc) is 3.36. The van der Waals surface area contributed by atoms with Crippen LogP contribution in [0.2, 0.25) is 0 Å². The largest absolute Gasteiger partial charge is 0.377 e. The van der Waals surface area contributed by atoms with Crippen LogP contribution in [0.1, 0.15) is 46.4 Å². The predicted octanol–water partition coefficient (Wildman–Crippen LogP) is 0.930. The molecular formula is C20H25N3O5S. The molecule has 0 radical (unpaired) electrons. The van der Waals surface area contributed by atoms with E-state index in [1.54, 1.807) is 11.0 Å². The summed E-state index contributed by atoms with van der Waals surface area (Å²) >= 11 is 0. The highest BCUT2D eigenvalue weighted by Gasteiger charge is 2.49. The van der Waals surface area contributed by atoms with Crippen LogP contribution in [-0.2, 0) is 14.8 Å². The average molecular weight is 420 g/mol. The maximum absolute atomic E-state index is 13.0. The van der Waals surface area contributed by atoms with Crippen LogP contribution < -0.4 is 0 Å². The molecule has 4 aliphatic rings. The zero-order valence-corrected chi connectivity index (χ0v) is 17.1. The number of carbonyl (C=O) groups excluding carboxylic acids is 2. The van der Waals surface area contributed by atoms with Crippen LogP contribution in [0.15, 0.2) is 23.1 Å². The first-order valence-corrected chi connectivity index (χ1v) is 11.8. The van der Waals surface area contributed by atoms with E-state index in [9.17, 15) is 18.0 Å². The molecule has 156 valence electrons. The van der Waals surface area contributed by atoms with Gasteiger partial charge in [0, 0.05) is 50.9 Å². The summed E-state index contributed by atoms with van der Waals surface area (Å²) in [4.78, 5) is 29.5. The van der Waals surface area contributed by atoms with Gasteiger partial charge in [-0.1, -0.05) is 0 Å². The van der Waals surface area contributed by atoms with Crippen molar-refractivity contribution in [3.8, 4) is 0 Å². The van der Waals surface area contributed by atoms with Crippen molar-refractivity contribution >= 4 is 21.8 Å². The second-order valence-corrected chi connectivity index (χ2v) is 10.1. The van der Waals surface area contributed by atoms with Gasteiger partial charge in [0.1, 0.15) is 4.90 Å². The van der Waals surface area contributed by atoms with Crippen LogP contribution >= 0.6 is 0 Å². The highest BCUT2D eigenvalue weighted by molar-refractivity contribution is 7.90. The Morgan fingerprint density at radius 1 is 1.10 bits per heavy atom. The van der Waals surface area contributed by atoms with Crippen LogP contribution in [0.4, 0.5) is 0 Å². The number of ether oxygens (including phenoxy) is 1. The summed E-state index contributed by atoms with van der Waals surface area (Å²) in [6.45, 7) is 4.50. The third-order valence-corrected chi connectivity index (χ3v) is 8.10. The lowest BCUT2D eigenvalue weighted by molar-refractivity contribution is 0.0432. The van der Waals surface area contributed by atoms with Gasteiger partial charge in [0.15, 0.2) is 0 Å². The second-order valence-electron chi connectivity index (χ2n) is 8.28. The molecule has 1 aliphatic carbocycles. The Labute approximate surface area is 170 Å². The van der Waals surface area contributed by atoms with E-state index >= 15 is 0 Å². The Morgan fingerprint density at radius 2 is 1.86 bits per heavy atom. The summed E-state index contributed by atoms with van der Waals surface area (Å²) < 4.78 is 32.3. The molecule has 0 N–H and O–H groups in total. The zero-order valence-electron chi connectivity index (χ0n) is 16.2. The number of hydrogen-bond acceptors (Lipinski definition) is 6. The second kappa shape index (κ2) is 7.07. The Hall–Kier alpha value is -1.97. The SMILES string of the molecule is O=C(c1ccc2c(c1)S(=O)(=O)N(C1CC1)C2=O)N1CCN(CC2CCCO2)CC1. The molecule has 0 bridgehead atoms. The molecule has 3 fully saturated rings. The van der Waals surface area contributed by atoms with Crippen molar-refractivity contribution in [2.75, 3.05) is 39.3 Å². The molecule has 1 aromatic rings. The summed E-state index contributed by atoms with van der Waals surface area (Å²) in [5.41, 5.74) is 0.500. The summed E-state index contributed by atoms with van der Waals surface area (Å²) in [5.74, 6) is -0.652. The first-order valence-electron chi connectivity index (χ1n) is 10.3. The molecule has 9 heteroatoms. The van der Waals surface area contributed by atoms with Crippen LogP contribution in [0, 0.1) is 0 Å². The molecule has 29 heavy (non-hydrogen) atoms. The summed E-state index contributed by atoms with van der Waals surface area (Å²) in [6.07, 6.45) is 3.93. The number of amides is 2. The number of carbonyl (C=O) groups is 2. The lowest BCUT2D eigenvalue weighted by Gasteiger charge is -2.35. The number of fused-ring (bicyclic) bond motifs is 1. The molecule has 1 atom stereocenters. The fourth-order valence-electron chi connectivity index (χ4n) is 4.44. The normalized spacial score (nSPS) is 26.8. The van der Waals surface area contributed by atoms with Gasteiger partial charge in [0.05, 0.1) is 11.7 Å². The Kier molecular flexibility index (Phi) is 4.64. The molecule has 0 spiro atoms. The van der Waals surface area contributed by atoms with Gasteiger partial charge in [-0.3, -0.25) is 14.5 Å². The van der Waals surface area contributed by atoms with Crippen LogP contribution in [0.3, 0.4) is 0 Å². The summed E-state index contributed by atoms with van der Waals surface area (Å²) in [5, 5.41) is 0. The van der Waals surface area contributed by atoms with Gasteiger partial charge >= 0.3 is 0 Å². The molecule has 5 rings (SSSR count). The van der Waals surface area contributed by atoms with Crippen molar-refractivity contribution in [2.24, 2.45) is 0 Å². The highest BCUT2D eigenvalue weighted by Crippen LogP contribution is 2.39. The minimum atomic E-state index is -3.85. The topological polar surface area (TPSA) is 87.2 Å². The minimum Gasteiger partial charge on any atom is -0.377 e. The molecule has 2 saturated heterocycles. The van der Waals surface area contributed by atoms with Crippen molar-refractivity contribution in [1.29, 1.82) is 0 Å². The molecule has 8 nitrogen and oxygen atoms in total. The number of piperazine rings is 1. The van der Waals surface area contributed by atoms with E-state index in [-0.39, 0.29) is 22.4 Å². The maximum atomic E-state index is 13.0. The maximum Gasteiger partial charge on any atom is 0.269 e. The summed E-state index contributed by atoms with van der Waals surface area (Å²) in [6, 6.07) is 4.21. The summed E-state index contributed by atoms with van der Waals surface area (Å²) in [7, 11) is -3.85. The standard InChI is InChI=1S/C20H25N3O5S/c24-19(22-9-7-21(8-10-22)13-16-2-1-11-28-16)14-3-6-17-18(12-14)29(26,27)23(20(17)25)15-4-5-15/h3,6,12,15-16H,1-2,4-5,7-11,13H2. The lowest BCUT2D eigenvalue weighted by Crippen LogP contribution is -2.50. The quantitative estimate of drug-likeness (QED) is 0.722. The third-order valence-electron chi connectivity index (χ3n) is 6.22. The van der Waals surface area contributed by atoms with Gasteiger partial charge < -0.3 is 9.64 Å². The van der Waals surface area contributed by atoms with E-state index in [0.717, 1.165) is 43.4 Å². The lowest BCUT2D eigenvalue weighted by atomic mass is 10.1. The fraction of sp³-hybridized carbons (Fsp3) is 0.600. The van der Waals surface area contributed by atoms with Gasteiger partial charge in [0.2, 0.25) is 0 Å². The van der Waals surface area contributed by atoms with E-state index in [4.69, 9.17) is 4.74 Å². The monoisotopic (exact) mass is 419 g/mol. The van der Waals surface area contributed by atoms with Gasteiger partial charge in [0.25, 0.3) is 21.8 Å². The van der Waals surface area contributed by atoms with Gasteiger partial charge in [-0.05, 0) is 43.9 Å². The van der Waals surface area contributed by atoms with Gasteiger partial charge in [-0.15, -0.1) is 0 Å². The van der Waals surface area contributed by atoms with E-state index in [0.29, 0.717) is 37.6 Å². The van der Waals surface area contributed by atoms with E-state index in [1.165, 1.54) is 12.1 Å². The number of rotatable bonds is 4. The number of nitrogens with zero attached hydrogens (tertiary/aromatic N) is 3. The van der Waals surface area contributed by atoms with Crippen LogP contribution in [-0.4, -0.2) is 85.8 Å². The first kappa shape index (κ1) is 19.0. The Balaban J connectivity index is 1.28. The Bertz CT molecular complexity index is 945. The minimum absolute atomic E-state index is 0.0303.